The summed E-state index contributed by atoms with van der Waals surface area (Å²) in [4.78, 5) is 4.41. The molecule has 0 fully saturated rings. The summed E-state index contributed by atoms with van der Waals surface area (Å²) in [7, 11) is 2.00. The van der Waals surface area contributed by atoms with Gasteiger partial charge in [0.1, 0.15) is 0 Å². The molecule has 4 aromatic rings. The van der Waals surface area contributed by atoms with Gasteiger partial charge in [0.05, 0.1) is 5.52 Å². The number of nitrogens with zero attached hydrogens (tertiary/aromatic N) is 1. The summed E-state index contributed by atoms with van der Waals surface area (Å²) in [6.45, 7) is 0. The summed E-state index contributed by atoms with van der Waals surface area (Å²) in [5.41, 5.74) is 1.06. The van der Waals surface area contributed by atoms with E-state index in [1.807, 2.05) is 43.6 Å². The second-order valence-corrected chi connectivity index (χ2v) is 5.56. The van der Waals surface area contributed by atoms with E-state index in [9.17, 15) is 0 Å². The first-order valence-electron chi connectivity index (χ1n) is 7.74. The average Bonchev–Trinajstić information content (AvgIpc) is 3.18. The van der Waals surface area contributed by atoms with Gasteiger partial charge in [-0.15, -0.1) is 12.0 Å². The quantitative estimate of drug-likeness (QED) is 0.318. The molecule has 0 bridgehead atoms. The van der Waals surface area contributed by atoms with Gasteiger partial charge in [0.25, 0.3) is 0 Å². The first-order chi connectivity index (χ1) is 11.4. The minimum atomic E-state index is 1.06. The number of hydrogen-bond acceptors (Lipinski definition) is 1. The molecule has 0 aliphatic carbocycles. The molecule has 1 aliphatic heterocycles. The van der Waals surface area contributed by atoms with Gasteiger partial charge < -0.3 is 0 Å². The second-order valence-electron chi connectivity index (χ2n) is 5.56. The fourth-order valence-electron chi connectivity index (χ4n) is 2.83. The van der Waals surface area contributed by atoms with Crippen LogP contribution in [0.3, 0.4) is 0 Å². The number of hydrogen-bond donors (Lipinski definition) is 0. The van der Waals surface area contributed by atoms with E-state index in [4.69, 9.17) is 0 Å². The van der Waals surface area contributed by atoms with Gasteiger partial charge in [0, 0.05) is 11.6 Å². The summed E-state index contributed by atoms with van der Waals surface area (Å²) in [6, 6.07) is 21.4. The lowest BCUT2D eigenvalue weighted by molar-refractivity contribution is 1.42. The van der Waals surface area contributed by atoms with Gasteiger partial charge in [-0.1, -0.05) is 42.5 Å². The normalized spacial score (nSPS) is 12.3. The molecule has 0 N–H and O–H groups in total. The third kappa shape index (κ3) is 2.88. The topological polar surface area (TPSA) is 12.9 Å². The fourth-order valence-corrected chi connectivity index (χ4v) is 2.83. The van der Waals surface area contributed by atoms with Gasteiger partial charge in [-0.3, -0.25) is 4.98 Å². The van der Waals surface area contributed by atoms with Crippen LogP contribution in [-0.2, 0) is 0 Å². The molecule has 0 spiro atoms. The molecule has 107 valence electrons. The van der Waals surface area contributed by atoms with Crippen molar-refractivity contribution in [2.45, 2.75) is 0 Å². The summed E-state index contributed by atoms with van der Waals surface area (Å²) in [5, 5.41) is 6.28. The predicted octanol–water partition coefficient (Wildman–Crippen LogP) is 5.27. The third-order valence-corrected chi connectivity index (χ3v) is 3.98. The number of pyridine rings is 1. The molecule has 2 heterocycles. The summed E-state index contributed by atoms with van der Waals surface area (Å²) < 4.78 is 0. The van der Waals surface area contributed by atoms with E-state index in [-0.39, 0.29) is 0 Å². The van der Waals surface area contributed by atoms with Crippen molar-refractivity contribution < 1.29 is 0 Å². The van der Waals surface area contributed by atoms with E-state index in [0.717, 1.165) is 5.52 Å². The number of aromatic nitrogens is 1. The zero-order valence-corrected chi connectivity index (χ0v) is 12.7. The lowest BCUT2D eigenvalue weighted by Crippen LogP contribution is -1.80. The molecule has 0 unspecified atom stereocenters. The summed E-state index contributed by atoms with van der Waals surface area (Å²) >= 11 is 0. The third-order valence-electron chi connectivity index (χ3n) is 3.98. The molecule has 5 rings (SSSR count). The maximum Gasteiger partial charge on any atom is 0.171 e. The lowest BCUT2D eigenvalue weighted by atomic mass is 9.83. The Kier molecular flexibility index (Phi) is 3.65. The maximum absolute atomic E-state index is 4.41. The Morgan fingerprint density at radius 2 is 1.22 bits per heavy atom. The molecule has 0 atom stereocenters. The molecule has 0 saturated heterocycles. The minimum absolute atomic E-state index is 1.06. The molecule has 1 radical (unpaired) electrons. The van der Waals surface area contributed by atoms with Crippen molar-refractivity contribution in [2.75, 3.05) is 0 Å². The van der Waals surface area contributed by atoms with E-state index in [2.05, 4.69) is 59.6 Å². The molecule has 3 aromatic carbocycles. The SMILES string of the molecule is [B]1C=CC=C1.c1ccc2cc3cc4ncccc4cc3cc2c1. The maximum atomic E-state index is 4.41. The van der Waals surface area contributed by atoms with Crippen LogP contribution in [0.15, 0.2) is 91.0 Å². The first kappa shape index (κ1) is 13.8. The smallest absolute Gasteiger partial charge is 0.171 e. The van der Waals surface area contributed by atoms with Crippen molar-refractivity contribution in [1.82, 2.24) is 4.98 Å². The summed E-state index contributed by atoms with van der Waals surface area (Å²) in [5.74, 6) is 4.00. The zero-order chi connectivity index (χ0) is 15.5. The Morgan fingerprint density at radius 3 is 1.87 bits per heavy atom. The van der Waals surface area contributed by atoms with Crippen molar-refractivity contribution in [1.29, 1.82) is 0 Å². The number of rotatable bonds is 0. The Morgan fingerprint density at radius 1 is 0.609 bits per heavy atom. The molecule has 23 heavy (non-hydrogen) atoms. The van der Waals surface area contributed by atoms with Crippen molar-refractivity contribution in [2.24, 2.45) is 0 Å². The molecular weight excluding hydrogens is 277 g/mol. The van der Waals surface area contributed by atoms with Crippen LogP contribution in [0.1, 0.15) is 0 Å². The highest BCUT2D eigenvalue weighted by molar-refractivity contribution is 6.49. The second kappa shape index (κ2) is 6.09. The van der Waals surface area contributed by atoms with Crippen LogP contribution in [0.2, 0.25) is 0 Å². The van der Waals surface area contributed by atoms with Gasteiger partial charge in [0.2, 0.25) is 0 Å². The number of allylic oxidation sites excluding steroid dienone is 2. The minimum Gasteiger partial charge on any atom is -0.256 e. The van der Waals surface area contributed by atoms with Gasteiger partial charge in [-0.2, -0.15) is 0 Å². The highest BCUT2D eigenvalue weighted by Crippen LogP contribution is 2.26. The van der Waals surface area contributed by atoms with Crippen molar-refractivity contribution in [3.63, 3.8) is 0 Å². The van der Waals surface area contributed by atoms with Crippen molar-refractivity contribution in [3.8, 4) is 0 Å². The fraction of sp³-hybridized carbons (Fsp3) is 0. The van der Waals surface area contributed by atoms with E-state index < -0.39 is 0 Å². The Labute approximate surface area is 136 Å². The average molecular weight is 292 g/mol. The van der Waals surface area contributed by atoms with E-state index >= 15 is 0 Å². The van der Waals surface area contributed by atoms with Crippen LogP contribution in [0.4, 0.5) is 0 Å². The molecule has 1 aromatic heterocycles. The van der Waals surface area contributed by atoms with Crippen molar-refractivity contribution in [3.05, 3.63) is 91.0 Å². The highest BCUT2D eigenvalue weighted by atomic mass is 14.6. The summed E-state index contributed by atoms with van der Waals surface area (Å²) in [6.07, 6.45) is 5.84. The van der Waals surface area contributed by atoms with Crippen LogP contribution in [-0.4, -0.2) is 12.3 Å². The highest BCUT2D eigenvalue weighted by Gasteiger charge is 2.00. The van der Waals surface area contributed by atoms with Crippen LogP contribution in [0.5, 0.6) is 0 Å². The monoisotopic (exact) mass is 292 g/mol. The molecule has 0 amide bonds. The Hall–Kier alpha value is -2.87. The molecule has 2 heteroatoms. The van der Waals surface area contributed by atoms with E-state index in [1.165, 1.54) is 26.9 Å². The lowest BCUT2D eigenvalue weighted by Gasteiger charge is -2.04. The van der Waals surface area contributed by atoms with Crippen LogP contribution in [0, 0.1) is 0 Å². The van der Waals surface area contributed by atoms with Gasteiger partial charge in [0.15, 0.2) is 7.28 Å². The Balaban J connectivity index is 0.000000233. The first-order valence-corrected chi connectivity index (χ1v) is 7.74. The predicted molar refractivity (Wildman–Crippen MR) is 101 cm³/mol. The Bertz CT molecular complexity index is 893. The van der Waals surface area contributed by atoms with Crippen LogP contribution >= 0.6 is 0 Å². The van der Waals surface area contributed by atoms with Gasteiger partial charge >= 0.3 is 0 Å². The zero-order valence-electron chi connectivity index (χ0n) is 12.7. The van der Waals surface area contributed by atoms with Crippen LogP contribution in [0.25, 0.3) is 32.4 Å². The van der Waals surface area contributed by atoms with Gasteiger partial charge in [-0.25, -0.2) is 0 Å². The van der Waals surface area contributed by atoms with Crippen LogP contribution < -0.4 is 0 Å². The van der Waals surface area contributed by atoms with Gasteiger partial charge in [-0.05, 0) is 51.9 Å². The number of fused-ring (bicyclic) bond motifs is 3. The standard InChI is InChI=1S/C17H11N.C4H4B/c1-2-5-13-9-16-11-17-14(6-3-7-18-17)10-15(16)8-12(13)4-1;1-2-4-5-3-1/h1-11H;1-4H. The van der Waals surface area contributed by atoms with E-state index in [0.29, 0.717) is 0 Å². The van der Waals surface area contributed by atoms with Crippen molar-refractivity contribution >= 4 is 39.7 Å². The molecule has 1 aliphatic rings. The van der Waals surface area contributed by atoms with E-state index in [1.54, 1.807) is 0 Å². The number of benzene rings is 3. The largest absolute Gasteiger partial charge is 0.256 e. The molecular formula is C21H15BN. The molecule has 0 saturated carbocycles. The molecule has 1 nitrogen and oxygen atoms in total.